The molecule has 2 aliphatic rings. The molecule has 28 heavy (non-hydrogen) atoms. The average Bonchev–Trinajstić information content (AvgIpc) is 2.98. The van der Waals surface area contributed by atoms with E-state index in [4.69, 9.17) is 0 Å². The molecule has 1 fully saturated rings. The largest absolute Gasteiger partial charge is 0.416 e. The zero-order valence-corrected chi connectivity index (χ0v) is 14.5. The van der Waals surface area contributed by atoms with Crippen molar-refractivity contribution >= 4 is 17.7 Å². The minimum atomic E-state index is -4.47. The van der Waals surface area contributed by atoms with E-state index in [1.54, 1.807) is 24.3 Å². The van der Waals surface area contributed by atoms with Gasteiger partial charge in [-0.05, 0) is 41.3 Å². The van der Waals surface area contributed by atoms with E-state index in [0.29, 0.717) is 22.3 Å². The van der Waals surface area contributed by atoms with Crippen molar-refractivity contribution in [2.24, 2.45) is 0 Å². The van der Waals surface area contributed by atoms with E-state index in [1.807, 2.05) is 0 Å². The van der Waals surface area contributed by atoms with Crippen LogP contribution in [0, 0.1) is 0 Å². The fourth-order valence-electron chi connectivity index (χ4n) is 3.72. The summed E-state index contributed by atoms with van der Waals surface area (Å²) in [5, 5.41) is 2.23. The van der Waals surface area contributed by atoms with Gasteiger partial charge in [-0.25, -0.2) is 0 Å². The number of nitrogens with zero attached hydrogens (tertiary/aromatic N) is 1. The Bertz CT molecular complexity index is 1000. The molecule has 2 aliphatic heterocycles. The van der Waals surface area contributed by atoms with Crippen molar-refractivity contribution in [3.05, 3.63) is 59.2 Å². The van der Waals surface area contributed by atoms with Crippen LogP contribution in [0.15, 0.2) is 42.5 Å². The summed E-state index contributed by atoms with van der Waals surface area (Å²) >= 11 is 0. The Morgan fingerprint density at radius 2 is 1.71 bits per heavy atom. The molecule has 0 spiro atoms. The number of fused-ring (bicyclic) bond motifs is 1. The lowest BCUT2D eigenvalue weighted by atomic mass is 9.95. The molecule has 8 heteroatoms. The first-order valence-corrected chi connectivity index (χ1v) is 8.70. The van der Waals surface area contributed by atoms with Gasteiger partial charge < -0.3 is 4.90 Å². The maximum absolute atomic E-state index is 13.1. The van der Waals surface area contributed by atoms with Crippen molar-refractivity contribution in [3.63, 3.8) is 0 Å². The third-order valence-electron chi connectivity index (χ3n) is 5.08. The van der Waals surface area contributed by atoms with Gasteiger partial charge >= 0.3 is 6.18 Å². The number of amides is 3. The number of rotatable bonds is 2. The summed E-state index contributed by atoms with van der Waals surface area (Å²) in [6.07, 6.45) is -4.11. The van der Waals surface area contributed by atoms with Gasteiger partial charge in [0.1, 0.15) is 6.04 Å². The molecule has 4 rings (SSSR count). The first kappa shape index (κ1) is 18.2. The fraction of sp³-hybridized carbons (Fsp3) is 0.250. The smallest absolute Gasteiger partial charge is 0.322 e. The number of carbonyl (C=O) groups excluding carboxylic acids is 3. The topological polar surface area (TPSA) is 66.5 Å². The normalized spacial score (nSPS) is 19.6. The summed E-state index contributed by atoms with van der Waals surface area (Å²) in [6, 6.07) is 9.03. The minimum absolute atomic E-state index is 0.104. The van der Waals surface area contributed by atoms with Crippen LogP contribution in [0.5, 0.6) is 0 Å². The molecule has 2 aromatic carbocycles. The monoisotopic (exact) mass is 388 g/mol. The molecule has 1 saturated heterocycles. The minimum Gasteiger partial charge on any atom is -0.322 e. The van der Waals surface area contributed by atoms with Crippen LogP contribution in [0.1, 0.15) is 34.3 Å². The predicted octanol–water partition coefficient (Wildman–Crippen LogP) is 3.13. The van der Waals surface area contributed by atoms with Crippen molar-refractivity contribution in [1.29, 1.82) is 0 Å². The molecule has 144 valence electrons. The van der Waals surface area contributed by atoms with E-state index >= 15 is 0 Å². The standard InChI is InChI=1S/C20H15F3N2O3/c21-20(22,23)12-4-1-3-11(9-12)13-5-2-6-14-15(13)10-25(19(14)28)16-7-8-17(26)24-18(16)27/h1-6,9,16H,7-8,10H2,(H,24,26,27). The van der Waals surface area contributed by atoms with Crippen LogP contribution in [0.2, 0.25) is 0 Å². The van der Waals surface area contributed by atoms with Gasteiger partial charge in [0.2, 0.25) is 11.8 Å². The third kappa shape index (κ3) is 3.04. The second kappa shape index (κ2) is 6.47. The van der Waals surface area contributed by atoms with E-state index in [1.165, 1.54) is 11.0 Å². The van der Waals surface area contributed by atoms with E-state index in [9.17, 15) is 27.6 Å². The Balaban J connectivity index is 1.71. The molecule has 0 aromatic heterocycles. The van der Waals surface area contributed by atoms with Gasteiger partial charge in [-0.2, -0.15) is 13.2 Å². The van der Waals surface area contributed by atoms with E-state index in [-0.39, 0.29) is 31.2 Å². The molecule has 0 radical (unpaired) electrons. The lowest BCUT2D eigenvalue weighted by Crippen LogP contribution is -2.52. The lowest BCUT2D eigenvalue weighted by molar-refractivity contribution is -0.138. The molecule has 3 amide bonds. The molecule has 1 N–H and O–H groups in total. The van der Waals surface area contributed by atoms with Crippen LogP contribution in [-0.4, -0.2) is 28.7 Å². The molecular weight excluding hydrogens is 373 g/mol. The number of hydrogen-bond donors (Lipinski definition) is 1. The highest BCUT2D eigenvalue weighted by Gasteiger charge is 2.40. The van der Waals surface area contributed by atoms with Crippen molar-refractivity contribution in [1.82, 2.24) is 10.2 Å². The second-order valence-electron chi connectivity index (χ2n) is 6.81. The van der Waals surface area contributed by atoms with E-state index in [0.717, 1.165) is 12.1 Å². The third-order valence-corrected chi connectivity index (χ3v) is 5.08. The van der Waals surface area contributed by atoms with E-state index < -0.39 is 23.7 Å². The van der Waals surface area contributed by atoms with Crippen LogP contribution in [0.4, 0.5) is 13.2 Å². The molecule has 1 atom stereocenters. The Morgan fingerprint density at radius 1 is 1.00 bits per heavy atom. The summed E-state index contributed by atoms with van der Waals surface area (Å²) in [4.78, 5) is 37.7. The molecule has 1 unspecified atom stereocenters. The van der Waals surface area contributed by atoms with Gasteiger partial charge in [-0.1, -0.05) is 24.3 Å². The number of benzene rings is 2. The zero-order valence-electron chi connectivity index (χ0n) is 14.5. The molecule has 0 bridgehead atoms. The van der Waals surface area contributed by atoms with Gasteiger partial charge in [0, 0.05) is 18.5 Å². The molecule has 2 aromatic rings. The van der Waals surface area contributed by atoms with Crippen LogP contribution < -0.4 is 5.32 Å². The van der Waals surface area contributed by atoms with Gasteiger partial charge in [0.15, 0.2) is 0 Å². The number of nitrogens with one attached hydrogen (secondary N) is 1. The van der Waals surface area contributed by atoms with Crippen LogP contribution in [-0.2, 0) is 22.3 Å². The van der Waals surface area contributed by atoms with Crippen molar-refractivity contribution in [3.8, 4) is 11.1 Å². The van der Waals surface area contributed by atoms with E-state index in [2.05, 4.69) is 5.32 Å². The number of halogens is 3. The Hall–Kier alpha value is -3.16. The summed E-state index contributed by atoms with van der Waals surface area (Å²) in [5.74, 6) is -1.27. The number of alkyl halides is 3. The van der Waals surface area contributed by atoms with Gasteiger partial charge in [-0.3, -0.25) is 19.7 Å². The Labute approximate surface area is 158 Å². The average molecular weight is 388 g/mol. The first-order valence-electron chi connectivity index (χ1n) is 8.70. The molecule has 2 heterocycles. The van der Waals surface area contributed by atoms with Gasteiger partial charge in [0.25, 0.3) is 5.91 Å². The predicted molar refractivity (Wildman–Crippen MR) is 92.9 cm³/mol. The molecule has 0 aliphatic carbocycles. The molecule has 5 nitrogen and oxygen atoms in total. The van der Waals surface area contributed by atoms with Crippen molar-refractivity contribution in [2.75, 3.05) is 0 Å². The van der Waals surface area contributed by atoms with Gasteiger partial charge in [0.05, 0.1) is 5.56 Å². The zero-order chi connectivity index (χ0) is 20.1. The SMILES string of the molecule is O=C1CCC(N2Cc3c(cccc3-c3cccc(C(F)(F)F)c3)C2=O)C(=O)N1. The highest BCUT2D eigenvalue weighted by atomic mass is 19.4. The highest BCUT2D eigenvalue weighted by Crippen LogP contribution is 2.37. The second-order valence-corrected chi connectivity index (χ2v) is 6.81. The summed E-state index contributed by atoms with van der Waals surface area (Å²) in [5.41, 5.74) is 1.04. The Morgan fingerprint density at radius 3 is 2.43 bits per heavy atom. The Kier molecular flexibility index (Phi) is 4.21. The maximum Gasteiger partial charge on any atom is 0.416 e. The molecular formula is C20H15F3N2O3. The van der Waals surface area contributed by atoms with Crippen molar-refractivity contribution < 1.29 is 27.6 Å². The van der Waals surface area contributed by atoms with Crippen LogP contribution >= 0.6 is 0 Å². The summed E-state index contributed by atoms with van der Waals surface area (Å²) < 4.78 is 39.2. The summed E-state index contributed by atoms with van der Waals surface area (Å²) in [7, 11) is 0. The van der Waals surface area contributed by atoms with Gasteiger partial charge in [-0.15, -0.1) is 0 Å². The van der Waals surface area contributed by atoms with Crippen LogP contribution in [0.25, 0.3) is 11.1 Å². The van der Waals surface area contributed by atoms with Crippen molar-refractivity contribution in [2.45, 2.75) is 31.6 Å². The number of hydrogen-bond acceptors (Lipinski definition) is 3. The summed E-state index contributed by atoms with van der Waals surface area (Å²) in [6.45, 7) is 0.104. The number of imide groups is 1. The first-order chi connectivity index (χ1) is 13.3. The number of piperidine rings is 1. The van der Waals surface area contributed by atoms with Crippen LogP contribution in [0.3, 0.4) is 0 Å². The lowest BCUT2D eigenvalue weighted by Gasteiger charge is -2.29. The number of carbonyl (C=O) groups is 3. The highest BCUT2D eigenvalue weighted by molar-refractivity contribution is 6.06. The fourth-order valence-corrected chi connectivity index (χ4v) is 3.72. The quantitative estimate of drug-likeness (QED) is 0.804. The maximum atomic E-state index is 13.1. The molecule has 0 saturated carbocycles.